The van der Waals surface area contributed by atoms with Crippen molar-refractivity contribution in [2.75, 3.05) is 0 Å². The Balaban J connectivity index is 1.59. The molecule has 0 radical (unpaired) electrons. The Morgan fingerprint density at radius 2 is 1.49 bits per heavy atom. The first-order chi connectivity index (χ1) is 16.0. The number of fused-ring (bicyclic) bond motifs is 7. The van der Waals surface area contributed by atoms with Crippen LogP contribution in [0, 0.1) is 50.2 Å². The van der Waals surface area contributed by atoms with Gasteiger partial charge < -0.3 is 20.4 Å². The van der Waals surface area contributed by atoms with Gasteiger partial charge in [0.15, 0.2) is 0 Å². The van der Waals surface area contributed by atoms with Crippen molar-refractivity contribution in [3.05, 3.63) is 11.6 Å². The minimum atomic E-state index is -1.35. The van der Waals surface area contributed by atoms with Crippen molar-refractivity contribution in [2.45, 2.75) is 118 Å². The predicted octanol–water partition coefficient (Wildman–Crippen LogP) is 5.18. The van der Waals surface area contributed by atoms with Gasteiger partial charge in [0.2, 0.25) is 0 Å². The lowest BCUT2D eigenvalue weighted by Gasteiger charge is -2.71. The quantitative estimate of drug-likeness (QED) is 0.382. The lowest BCUT2D eigenvalue weighted by Crippen LogP contribution is -2.67. The number of allylic oxidation sites excluding steroid dienone is 2. The minimum absolute atomic E-state index is 0.0475. The van der Waals surface area contributed by atoms with E-state index in [-0.39, 0.29) is 33.7 Å². The Morgan fingerprint density at radius 3 is 2.11 bits per heavy atom. The largest absolute Gasteiger partial charge is 0.481 e. The van der Waals surface area contributed by atoms with E-state index in [4.69, 9.17) is 0 Å². The average molecular weight is 489 g/mol. The van der Waals surface area contributed by atoms with Crippen molar-refractivity contribution in [1.29, 1.82) is 0 Å². The Kier molecular flexibility index (Phi) is 5.40. The van der Waals surface area contributed by atoms with Gasteiger partial charge in [-0.3, -0.25) is 4.79 Å². The van der Waals surface area contributed by atoms with E-state index in [1.54, 1.807) is 6.92 Å². The molecule has 0 bridgehead atoms. The molecule has 0 spiro atoms. The smallest absolute Gasteiger partial charge is 0.312 e. The maximum atomic E-state index is 12.3. The molecule has 5 aliphatic rings. The zero-order valence-corrected chi connectivity index (χ0v) is 22.9. The summed E-state index contributed by atoms with van der Waals surface area (Å²) < 4.78 is 0. The third kappa shape index (κ3) is 2.90. The highest BCUT2D eigenvalue weighted by Gasteiger charge is 2.70. The van der Waals surface area contributed by atoms with Crippen LogP contribution in [0.1, 0.15) is 99.8 Å². The SMILES string of the molecule is CC1(C)[C@@H](O)CC[C@]2(C)[C@H]3CC=C4[C@@H]5C[C@](C)(C(=O)O)[C@@H](O)[C@@H](O)[C@]5(C)CC[C@@]4(C)[C@]3(C)CC[C@@H]12. The molecular formula is C30H48O5. The second-order valence-electron chi connectivity index (χ2n) is 15.0. The summed E-state index contributed by atoms with van der Waals surface area (Å²) in [5.74, 6) is -0.0571. The highest BCUT2D eigenvalue weighted by atomic mass is 16.4. The fourth-order valence-corrected chi connectivity index (χ4v) is 10.7. The van der Waals surface area contributed by atoms with Crippen LogP contribution in [0.5, 0.6) is 0 Å². The summed E-state index contributed by atoms with van der Waals surface area (Å²) in [6, 6.07) is 0. The third-order valence-electron chi connectivity index (χ3n) is 13.6. The van der Waals surface area contributed by atoms with Crippen molar-refractivity contribution in [3.63, 3.8) is 0 Å². The molecule has 0 heterocycles. The number of aliphatic hydroxyl groups is 3. The summed E-state index contributed by atoms with van der Waals surface area (Å²) >= 11 is 0. The normalized spacial score (nSPS) is 57.1. The average Bonchev–Trinajstić information content (AvgIpc) is 2.77. The summed E-state index contributed by atoms with van der Waals surface area (Å²) in [6.07, 6.45) is 7.16. The van der Waals surface area contributed by atoms with Gasteiger partial charge in [0, 0.05) is 5.41 Å². The molecule has 5 heteroatoms. The van der Waals surface area contributed by atoms with E-state index in [0.29, 0.717) is 18.3 Å². The van der Waals surface area contributed by atoms with Crippen molar-refractivity contribution in [3.8, 4) is 0 Å². The van der Waals surface area contributed by atoms with Gasteiger partial charge >= 0.3 is 5.97 Å². The number of rotatable bonds is 1. The molecule has 0 aromatic carbocycles. The molecule has 0 aliphatic heterocycles. The summed E-state index contributed by atoms with van der Waals surface area (Å²) in [7, 11) is 0. The van der Waals surface area contributed by atoms with Crippen molar-refractivity contribution in [1.82, 2.24) is 0 Å². The molecule has 5 rings (SSSR count). The van der Waals surface area contributed by atoms with E-state index < -0.39 is 29.0 Å². The highest BCUT2D eigenvalue weighted by Crippen LogP contribution is 2.75. The molecule has 4 fully saturated rings. The monoisotopic (exact) mass is 488 g/mol. The first kappa shape index (κ1) is 25.7. The summed E-state index contributed by atoms with van der Waals surface area (Å²) in [4.78, 5) is 12.3. The molecule has 198 valence electrons. The molecule has 0 unspecified atom stereocenters. The molecule has 5 nitrogen and oxygen atoms in total. The van der Waals surface area contributed by atoms with Crippen LogP contribution in [0.25, 0.3) is 0 Å². The fourth-order valence-electron chi connectivity index (χ4n) is 10.7. The summed E-state index contributed by atoms with van der Waals surface area (Å²) in [5, 5.41) is 43.2. The number of hydrogen-bond acceptors (Lipinski definition) is 4. The Morgan fingerprint density at radius 1 is 0.829 bits per heavy atom. The number of hydrogen-bond donors (Lipinski definition) is 4. The van der Waals surface area contributed by atoms with Gasteiger partial charge in [-0.15, -0.1) is 0 Å². The topological polar surface area (TPSA) is 98.0 Å². The molecule has 4 saturated carbocycles. The second-order valence-corrected chi connectivity index (χ2v) is 15.0. The lowest BCUT2D eigenvalue weighted by molar-refractivity contribution is -0.222. The lowest BCUT2D eigenvalue weighted by atomic mass is 9.33. The Hall–Kier alpha value is -0.910. The van der Waals surface area contributed by atoms with Gasteiger partial charge in [0.05, 0.1) is 23.7 Å². The standard InChI is InChI=1S/C30H48O5/c1-25(2)19-10-13-30(7)20(27(19,4)12-11-21(25)31)9-8-17-18-16-28(5,24(34)35)23(33)22(32)26(18,3)14-15-29(17,30)6/h8,18-23,31-33H,9-16H2,1-7H3,(H,34,35)/t18-,19-,20+,21-,22+,23-,26+,27-,28-,29+,30+/m0/s1. The van der Waals surface area contributed by atoms with Gasteiger partial charge in [-0.2, -0.15) is 0 Å². The molecule has 0 amide bonds. The number of carboxylic acid groups (broad SMARTS) is 1. The Bertz CT molecular complexity index is 956. The molecule has 11 atom stereocenters. The van der Waals surface area contributed by atoms with Gasteiger partial charge in [-0.05, 0) is 97.7 Å². The van der Waals surface area contributed by atoms with Gasteiger partial charge in [0.1, 0.15) is 0 Å². The molecule has 0 aromatic rings. The molecular weight excluding hydrogens is 440 g/mol. The van der Waals surface area contributed by atoms with E-state index in [1.165, 1.54) is 5.57 Å². The van der Waals surface area contributed by atoms with Crippen molar-refractivity contribution < 1.29 is 25.2 Å². The Labute approximate surface area is 211 Å². The van der Waals surface area contributed by atoms with Crippen LogP contribution < -0.4 is 0 Å². The van der Waals surface area contributed by atoms with Gasteiger partial charge in [-0.25, -0.2) is 0 Å². The summed E-state index contributed by atoms with van der Waals surface area (Å²) in [6.45, 7) is 15.6. The highest BCUT2D eigenvalue weighted by molar-refractivity contribution is 5.75. The molecule has 5 aliphatic carbocycles. The van der Waals surface area contributed by atoms with Crippen LogP contribution in [0.3, 0.4) is 0 Å². The van der Waals surface area contributed by atoms with Gasteiger partial charge in [0.25, 0.3) is 0 Å². The first-order valence-corrected chi connectivity index (χ1v) is 14.0. The summed E-state index contributed by atoms with van der Waals surface area (Å²) in [5.41, 5.74) is -0.413. The number of aliphatic hydroxyl groups excluding tert-OH is 3. The van der Waals surface area contributed by atoms with Crippen LogP contribution in [0.4, 0.5) is 0 Å². The van der Waals surface area contributed by atoms with Crippen molar-refractivity contribution >= 4 is 5.97 Å². The zero-order chi connectivity index (χ0) is 26.0. The number of carboxylic acids is 1. The van der Waals surface area contributed by atoms with Crippen LogP contribution in [-0.2, 0) is 4.79 Å². The third-order valence-corrected chi connectivity index (χ3v) is 13.6. The maximum Gasteiger partial charge on any atom is 0.312 e. The molecule has 4 N–H and O–H groups in total. The van der Waals surface area contributed by atoms with Crippen LogP contribution >= 0.6 is 0 Å². The van der Waals surface area contributed by atoms with E-state index in [2.05, 4.69) is 47.6 Å². The van der Waals surface area contributed by atoms with E-state index >= 15 is 0 Å². The van der Waals surface area contributed by atoms with E-state index in [0.717, 1.165) is 44.9 Å². The zero-order valence-electron chi connectivity index (χ0n) is 22.9. The molecule has 35 heavy (non-hydrogen) atoms. The number of carbonyl (C=O) groups is 1. The first-order valence-electron chi connectivity index (χ1n) is 14.0. The van der Waals surface area contributed by atoms with Crippen LogP contribution in [0.2, 0.25) is 0 Å². The van der Waals surface area contributed by atoms with Gasteiger partial charge in [-0.1, -0.05) is 53.2 Å². The van der Waals surface area contributed by atoms with Crippen LogP contribution in [-0.4, -0.2) is 44.7 Å². The maximum absolute atomic E-state index is 12.3. The van der Waals surface area contributed by atoms with Crippen molar-refractivity contribution in [2.24, 2.45) is 50.2 Å². The predicted molar refractivity (Wildman–Crippen MR) is 135 cm³/mol. The van der Waals surface area contributed by atoms with E-state index in [1.807, 2.05) is 0 Å². The second kappa shape index (κ2) is 7.35. The molecule has 0 saturated heterocycles. The molecule has 0 aromatic heterocycles. The van der Waals surface area contributed by atoms with Crippen LogP contribution in [0.15, 0.2) is 11.6 Å². The fraction of sp³-hybridized carbons (Fsp3) is 0.900. The van der Waals surface area contributed by atoms with E-state index in [9.17, 15) is 25.2 Å². The number of aliphatic carboxylic acids is 1. The minimum Gasteiger partial charge on any atom is -0.481 e.